The molecule has 0 saturated heterocycles. The Morgan fingerprint density at radius 3 is 2.08 bits per heavy atom. The Labute approximate surface area is 90.1 Å². The topological polar surface area (TPSA) is 47.0 Å². The molecule has 0 saturated carbocycles. The van der Waals surface area contributed by atoms with Crippen LogP contribution in [0, 0.1) is 0 Å². The van der Waals surface area contributed by atoms with Gasteiger partial charge in [-0.1, -0.05) is 23.2 Å². The van der Waals surface area contributed by atoms with Crippen LogP contribution >= 0.6 is 33.9 Å². The van der Waals surface area contributed by atoms with Gasteiger partial charge in [0.2, 0.25) is 9.05 Å². The molecular formula is C6H4Cl3NO2S. The molecular weight excluding hydrogens is 256 g/mol. The van der Waals surface area contributed by atoms with Crippen LogP contribution in [-0.4, -0.2) is 13.4 Å². The Morgan fingerprint density at radius 1 is 1.23 bits per heavy atom. The van der Waals surface area contributed by atoms with Gasteiger partial charge < -0.3 is 0 Å². The Balaban J connectivity index is 3.15. The van der Waals surface area contributed by atoms with E-state index < -0.39 is 14.8 Å². The van der Waals surface area contributed by atoms with Crippen LogP contribution in [0.4, 0.5) is 0 Å². The van der Waals surface area contributed by atoms with Gasteiger partial charge in [0.25, 0.3) is 0 Å². The average Bonchev–Trinajstić information content (AvgIpc) is 1.95. The van der Waals surface area contributed by atoms with Gasteiger partial charge in [-0.25, -0.2) is 8.42 Å². The molecule has 13 heavy (non-hydrogen) atoms. The van der Waals surface area contributed by atoms with Gasteiger partial charge in [0.05, 0.1) is 15.8 Å². The molecule has 0 aliphatic carbocycles. The highest BCUT2D eigenvalue weighted by molar-refractivity contribution is 8.13. The summed E-state index contributed by atoms with van der Waals surface area (Å²) in [5, 5.41) is 0.383. The van der Waals surface area contributed by atoms with E-state index in [0.717, 1.165) is 0 Å². The van der Waals surface area contributed by atoms with Crippen LogP contribution < -0.4 is 0 Å². The minimum absolute atomic E-state index is 0.191. The van der Waals surface area contributed by atoms with Crippen LogP contribution in [0.5, 0.6) is 0 Å². The summed E-state index contributed by atoms with van der Waals surface area (Å²) in [5.41, 5.74) is 0.272. The van der Waals surface area contributed by atoms with E-state index in [4.69, 9.17) is 33.9 Å². The van der Waals surface area contributed by atoms with E-state index in [0.29, 0.717) is 0 Å². The van der Waals surface area contributed by atoms with Gasteiger partial charge in [-0.3, -0.25) is 4.98 Å². The number of rotatable bonds is 2. The molecule has 0 bridgehead atoms. The average molecular weight is 261 g/mol. The van der Waals surface area contributed by atoms with Gasteiger partial charge in [0.1, 0.15) is 0 Å². The molecule has 1 aromatic heterocycles. The zero-order valence-corrected chi connectivity index (χ0v) is 9.25. The first-order valence-corrected chi connectivity index (χ1v) is 6.34. The highest BCUT2D eigenvalue weighted by atomic mass is 35.7. The highest BCUT2D eigenvalue weighted by Crippen LogP contribution is 2.25. The second kappa shape index (κ2) is 4.00. The summed E-state index contributed by atoms with van der Waals surface area (Å²) in [5.74, 6) is -0.394. The third-order valence-electron chi connectivity index (χ3n) is 1.27. The van der Waals surface area contributed by atoms with Crippen molar-refractivity contribution in [1.29, 1.82) is 0 Å². The maximum absolute atomic E-state index is 10.7. The first-order chi connectivity index (χ1) is 5.90. The molecule has 1 aromatic rings. The van der Waals surface area contributed by atoms with E-state index in [1.165, 1.54) is 12.4 Å². The summed E-state index contributed by atoms with van der Waals surface area (Å²) in [7, 11) is 1.40. The lowest BCUT2D eigenvalue weighted by molar-refractivity contribution is 0.609. The lowest BCUT2D eigenvalue weighted by Crippen LogP contribution is -1.97. The number of pyridine rings is 1. The number of halogens is 3. The minimum Gasteiger partial charge on any atom is -0.262 e. The normalized spacial score (nSPS) is 11.6. The van der Waals surface area contributed by atoms with Crippen LogP contribution in [0.25, 0.3) is 0 Å². The van der Waals surface area contributed by atoms with Crippen LogP contribution in [0.1, 0.15) is 5.56 Å². The van der Waals surface area contributed by atoms with Gasteiger partial charge in [-0.15, -0.1) is 0 Å². The monoisotopic (exact) mass is 259 g/mol. The van der Waals surface area contributed by atoms with E-state index in [-0.39, 0.29) is 15.6 Å². The largest absolute Gasteiger partial charge is 0.262 e. The molecule has 0 radical (unpaired) electrons. The highest BCUT2D eigenvalue weighted by Gasteiger charge is 2.13. The van der Waals surface area contributed by atoms with Crippen LogP contribution in [0.2, 0.25) is 10.0 Å². The lowest BCUT2D eigenvalue weighted by Gasteiger charge is -2.02. The number of nitrogens with zero attached hydrogens (tertiary/aromatic N) is 1. The molecule has 0 aliphatic rings. The van der Waals surface area contributed by atoms with E-state index >= 15 is 0 Å². The zero-order valence-electron chi connectivity index (χ0n) is 6.17. The van der Waals surface area contributed by atoms with Crippen molar-refractivity contribution < 1.29 is 8.42 Å². The molecule has 1 rings (SSSR count). The summed E-state index contributed by atoms with van der Waals surface area (Å²) >= 11 is 11.3. The Bertz CT molecular complexity index is 398. The van der Waals surface area contributed by atoms with Crippen molar-refractivity contribution in [2.24, 2.45) is 0 Å². The smallest absolute Gasteiger partial charge is 0.236 e. The van der Waals surface area contributed by atoms with E-state index in [2.05, 4.69) is 4.98 Å². The van der Waals surface area contributed by atoms with Gasteiger partial charge in [0, 0.05) is 28.6 Å². The fourth-order valence-corrected chi connectivity index (χ4v) is 2.39. The molecule has 0 unspecified atom stereocenters. The molecule has 0 aromatic carbocycles. The van der Waals surface area contributed by atoms with Crippen molar-refractivity contribution in [3.8, 4) is 0 Å². The SMILES string of the molecule is O=S(=O)(Cl)Cc1c(Cl)cncc1Cl. The second-order valence-electron chi connectivity index (χ2n) is 2.26. The first-order valence-electron chi connectivity index (χ1n) is 3.10. The van der Waals surface area contributed by atoms with Gasteiger partial charge in [-0.05, 0) is 0 Å². The zero-order chi connectivity index (χ0) is 10.1. The molecule has 0 atom stereocenters. The number of hydrogen-bond acceptors (Lipinski definition) is 3. The molecule has 1 heterocycles. The Morgan fingerprint density at radius 2 is 1.69 bits per heavy atom. The quantitative estimate of drug-likeness (QED) is 0.768. The number of hydrogen-bond donors (Lipinski definition) is 0. The fraction of sp³-hybridized carbons (Fsp3) is 0.167. The predicted octanol–water partition coefficient (Wildman–Crippen LogP) is 2.46. The summed E-state index contributed by atoms with van der Waals surface area (Å²) in [6.07, 6.45) is 2.62. The first kappa shape index (κ1) is 11.0. The molecule has 0 N–H and O–H groups in total. The minimum atomic E-state index is -3.65. The van der Waals surface area contributed by atoms with E-state index in [9.17, 15) is 8.42 Å². The van der Waals surface area contributed by atoms with Crippen LogP contribution in [0.15, 0.2) is 12.4 Å². The lowest BCUT2D eigenvalue weighted by atomic mass is 10.3. The third kappa shape index (κ3) is 3.31. The molecule has 0 aliphatic heterocycles. The third-order valence-corrected chi connectivity index (χ3v) is 2.88. The maximum atomic E-state index is 10.7. The molecule has 7 heteroatoms. The van der Waals surface area contributed by atoms with Gasteiger partial charge in [-0.2, -0.15) is 0 Å². The van der Waals surface area contributed by atoms with Crippen molar-refractivity contribution in [2.45, 2.75) is 5.75 Å². The molecule has 3 nitrogen and oxygen atoms in total. The van der Waals surface area contributed by atoms with Crippen molar-refractivity contribution in [2.75, 3.05) is 0 Å². The van der Waals surface area contributed by atoms with Crippen molar-refractivity contribution in [3.05, 3.63) is 28.0 Å². The van der Waals surface area contributed by atoms with Crippen LogP contribution in [0.3, 0.4) is 0 Å². The standard InChI is InChI=1S/C6H4Cl3NO2S/c7-5-1-10-2-6(8)4(5)3-13(9,11)12/h1-2H,3H2. The summed E-state index contributed by atoms with van der Waals surface area (Å²) in [4.78, 5) is 3.67. The molecule has 0 fully saturated rings. The summed E-state index contributed by atoms with van der Waals surface area (Å²) in [6.45, 7) is 0. The maximum Gasteiger partial charge on any atom is 0.236 e. The Kier molecular flexibility index (Phi) is 3.40. The van der Waals surface area contributed by atoms with Crippen molar-refractivity contribution >= 4 is 42.9 Å². The number of aromatic nitrogens is 1. The predicted molar refractivity (Wildman–Crippen MR) is 52.7 cm³/mol. The van der Waals surface area contributed by atoms with E-state index in [1.54, 1.807) is 0 Å². The molecule has 0 spiro atoms. The molecule has 0 amide bonds. The molecule has 72 valence electrons. The fourth-order valence-electron chi connectivity index (χ4n) is 0.748. The van der Waals surface area contributed by atoms with Gasteiger partial charge >= 0.3 is 0 Å². The summed E-state index contributed by atoms with van der Waals surface area (Å²) < 4.78 is 21.5. The van der Waals surface area contributed by atoms with E-state index in [1.807, 2.05) is 0 Å². The second-order valence-corrected chi connectivity index (χ2v) is 5.86. The van der Waals surface area contributed by atoms with Crippen LogP contribution in [-0.2, 0) is 14.8 Å². The van der Waals surface area contributed by atoms with Gasteiger partial charge in [0.15, 0.2) is 0 Å². The van der Waals surface area contributed by atoms with Crippen molar-refractivity contribution in [1.82, 2.24) is 4.98 Å². The Hall–Kier alpha value is -0.0300. The van der Waals surface area contributed by atoms with Crippen molar-refractivity contribution in [3.63, 3.8) is 0 Å². The summed E-state index contributed by atoms with van der Waals surface area (Å²) in [6, 6.07) is 0.